The fourth-order valence-electron chi connectivity index (χ4n) is 2.58. The molecule has 6 heteroatoms. The molecule has 0 aromatic heterocycles. The van der Waals surface area contributed by atoms with Gasteiger partial charge in [-0.3, -0.25) is 4.79 Å². The van der Waals surface area contributed by atoms with E-state index < -0.39 is 6.36 Å². The van der Waals surface area contributed by atoms with Crippen molar-refractivity contribution in [3.63, 3.8) is 0 Å². The smallest absolute Gasteiger partial charge is 0.406 e. The molecule has 1 amide bonds. The van der Waals surface area contributed by atoms with Crippen molar-refractivity contribution < 1.29 is 22.7 Å². The number of anilines is 1. The Labute approximate surface area is 121 Å². The number of alkyl halides is 3. The van der Waals surface area contributed by atoms with Gasteiger partial charge in [0, 0.05) is 11.1 Å². The lowest BCUT2D eigenvalue weighted by Gasteiger charge is -2.32. The highest BCUT2D eigenvalue weighted by atomic mass is 19.4. The summed E-state index contributed by atoms with van der Waals surface area (Å²) in [4.78, 5) is 12.3. The summed E-state index contributed by atoms with van der Waals surface area (Å²) in [6.07, 6.45) is 0.180. The van der Waals surface area contributed by atoms with Gasteiger partial charge in [0.2, 0.25) is 5.91 Å². The molecule has 116 valence electrons. The van der Waals surface area contributed by atoms with Crippen molar-refractivity contribution in [2.45, 2.75) is 45.4 Å². The predicted octanol–water partition coefficient (Wildman–Crippen LogP) is 4.49. The molecule has 0 radical (unpaired) electrons. The van der Waals surface area contributed by atoms with Crippen LogP contribution in [0.4, 0.5) is 18.9 Å². The third kappa shape index (κ3) is 4.37. The van der Waals surface area contributed by atoms with Gasteiger partial charge in [0.1, 0.15) is 5.75 Å². The Morgan fingerprint density at radius 3 is 2.24 bits per heavy atom. The molecule has 0 heterocycles. The molecule has 1 aromatic carbocycles. The molecular formula is C15H18F3NO2. The fraction of sp³-hybridized carbons (Fsp3) is 0.533. The average molecular weight is 301 g/mol. The van der Waals surface area contributed by atoms with Gasteiger partial charge in [-0.25, -0.2) is 0 Å². The lowest BCUT2D eigenvalue weighted by atomic mass is 9.75. The number of rotatable bonds is 3. The molecule has 0 atom stereocenters. The minimum atomic E-state index is -4.71. The van der Waals surface area contributed by atoms with Crippen LogP contribution in [0.2, 0.25) is 0 Å². The average Bonchev–Trinajstić information content (AvgIpc) is 2.40. The van der Waals surface area contributed by atoms with E-state index >= 15 is 0 Å². The summed E-state index contributed by atoms with van der Waals surface area (Å²) in [6, 6.07) is 5.19. The molecule has 0 spiro atoms. The molecule has 1 aliphatic rings. The van der Waals surface area contributed by atoms with E-state index in [2.05, 4.69) is 10.1 Å². The number of amides is 1. The molecule has 2 rings (SSSR count). The van der Waals surface area contributed by atoms with Crippen molar-refractivity contribution in [2.24, 2.45) is 5.41 Å². The van der Waals surface area contributed by atoms with Crippen molar-refractivity contribution in [2.75, 3.05) is 5.32 Å². The van der Waals surface area contributed by atoms with Gasteiger partial charge in [0.05, 0.1) is 0 Å². The summed E-state index contributed by atoms with van der Waals surface area (Å²) >= 11 is 0. The van der Waals surface area contributed by atoms with E-state index in [9.17, 15) is 18.0 Å². The largest absolute Gasteiger partial charge is 0.573 e. The van der Waals surface area contributed by atoms with Gasteiger partial charge in [0.15, 0.2) is 0 Å². The van der Waals surface area contributed by atoms with E-state index in [1.807, 2.05) is 6.92 Å². The number of hydrogen-bond acceptors (Lipinski definition) is 2. The van der Waals surface area contributed by atoms with Crippen LogP contribution in [-0.2, 0) is 4.79 Å². The fourth-order valence-corrected chi connectivity index (χ4v) is 2.58. The van der Waals surface area contributed by atoms with E-state index in [0.717, 1.165) is 32.1 Å². The maximum absolute atomic E-state index is 12.3. The zero-order valence-electron chi connectivity index (χ0n) is 11.8. The summed E-state index contributed by atoms with van der Waals surface area (Å²) in [5, 5.41) is 2.77. The number of carbonyl (C=O) groups is 1. The number of hydrogen-bond donors (Lipinski definition) is 1. The first-order chi connectivity index (χ1) is 9.78. The standard InChI is InChI=1S/C15H18F3NO2/c1-14(9-3-2-4-10-14)13(20)19-11-5-7-12(8-6-11)21-15(16,17)18/h5-8H,2-4,9-10H2,1H3,(H,19,20). The predicted molar refractivity (Wildman–Crippen MR) is 72.9 cm³/mol. The summed E-state index contributed by atoms with van der Waals surface area (Å²) in [5.41, 5.74) is 0.0840. The van der Waals surface area contributed by atoms with Gasteiger partial charge in [-0.2, -0.15) is 0 Å². The highest BCUT2D eigenvalue weighted by Crippen LogP contribution is 2.36. The van der Waals surface area contributed by atoms with Crippen LogP contribution < -0.4 is 10.1 Å². The Morgan fingerprint density at radius 2 is 1.71 bits per heavy atom. The highest BCUT2D eigenvalue weighted by Gasteiger charge is 2.34. The molecule has 1 aromatic rings. The number of nitrogens with one attached hydrogen (secondary N) is 1. The molecule has 0 bridgehead atoms. The molecule has 0 saturated heterocycles. The first-order valence-electron chi connectivity index (χ1n) is 6.96. The molecule has 21 heavy (non-hydrogen) atoms. The lowest BCUT2D eigenvalue weighted by Crippen LogP contribution is -2.35. The molecular weight excluding hydrogens is 283 g/mol. The minimum absolute atomic E-state index is 0.0771. The van der Waals surface area contributed by atoms with E-state index in [1.165, 1.54) is 24.3 Å². The normalized spacial score (nSPS) is 18.1. The Balaban J connectivity index is 1.98. The lowest BCUT2D eigenvalue weighted by molar-refractivity contribution is -0.274. The third-order valence-corrected chi connectivity index (χ3v) is 3.85. The van der Waals surface area contributed by atoms with Crippen molar-refractivity contribution >= 4 is 11.6 Å². The molecule has 0 aliphatic heterocycles. The van der Waals surface area contributed by atoms with Crippen LogP contribution in [0.1, 0.15) is 39.0 Å². The van der Waals surface area contributed by atoms with Crippen LogP contribution in [0.3, 0.4) is 0 Å². The van der Waals surface area contributed by atoms with E-state index in [0.29, 0.717) is 5.69 Å². The first-order valence-corrected chi connectivity index (χ1v) is 6.96. The Morgan fingerprint density at radius 1 is 1.14 bits per heavy atom. The van der Waals surface area contributed by atoms with Gasteiger partial charge >= 0.3 is 6.36 Å². The molecule has 1 fully saturated rings. The summed E-state index contributed by atoms with van der Waals surface area (Å²) in [7, 11) is 0. The minimum Gasteiger partial charge on any atom is -0.406 e. The van der Waals surface area contributed by atoms with Crippen LogP contribution in [-0.4, -0.2) is 12.3 Å². The molecule has 3 nitrogen and oxygen atoms in total. The van der Waals surface area contributed by atoms with Crippen molar-refractivity contribution in [3.8, 4) is 5.75 Å². The SMILES string of the molecule is CC1(C(=O)Nc2ccc(OC(F)(F)F)cc2)CCCCC1. The van der Waals surface area contributed by atoms with Crippen LogP contribution >= 0.6 is 0 Å². The Hall–Kier alpha value is -1.72. The van der Waals surface area contributed by atoms with Crippen molar-refractivity contribution in [1.82, 2.24) is 0 Å². The van der Waals surface area contributed by atoms with E-state index in [4.69, 9.17) is 0 Å². The van der Waals surface area contributed by atoms with Gasteiger partial charge in [0.25, 0.3) is 0 Å². The topological polar surface area (TPSA) is 38.3 Å². The second-order valence-electron chi connectivity index (χ2n) is 5.65. The van der Waals surface area contributed by atoms with Gasteiger partial charge < -0.3 is 10.1 Å². The maximum atomic E-state index is 12.3. The van der Waals surface area contributed by atoms with Crippen LogP contribution in [0.15, 0.2) is 24.3 Å². The van der Waals surface area contributed by atoms with Crippen LogP contribution in [0, 0.1) is 5.41 Å². The summed E-state index contributed by atoms with van der Waals surface area (Å²) < 4.78 is 39.9. The monoisotopic (exact) mass is 301 g/mol. The second-order valence-corrected chi connectivity index (χ2v) is 5.65. The van der Waals surface area contributed by atoms with E-state index in [-0.39, 0.29) is 17.1 Å². The van der Waals surface area contributed by atoms with Gasteiger partial charge in [-0.15, -0.1) is 13.2 Å². The first kappa shape index (κ1) is 15.7. The quantitative estimate of drug-likeness (QED) is 0.893. The maximum Gasteiger partial charge on any atom is 0.573 e. The Bertz CT molecular complexity index is 491. The molecule has 0 unspecified atom stereocenters. The third-order valence-electron chi connectivity index (χ3n) is 3.85. The van der Waals surface area contributed by atoms with Crippen LogP contribution in [0.5, 0.6) is 5.75 Å². The van der Waals surface area contributed by atoms with Gasteiger partial charge in [-0.05, 0) is 37.1 Å². The Kier molecular flexibility index (Phi) is 4.44. The molecule has 1 saturated carbocycles. The zero-order valence-corrected chi connectivity index (χ0v) is 11.8. The summed E-state index contributed by atoms with van der Waals surface area (Å²) in [6.45, 7) is 1.93. The number of ether oxygens (including phenoxy) is 1. The number of carbonyl (C=O) groups excluding carboxylic acids is 1. The number of benzene rings is 1. The highest BCUT2D eigenvalue weighted by molar-refractivity contribution is 5.95. The van der Waals surface area contributed by atoms with Crippen molar-refractivity contribution in [3.05, 3.63) is 24.3 Å². The van der Waals surface area contributed by atoms with E-state index in [1.54, 1.807) is 0 Å². The van der Waals surface area contributed by atoms with Crippen molar-refractivity contribution in [1.29, 1.82) is 0 Å². The number of halogens is 3. The van der Waals surface area contributed by atoms with Crippen LogP contribution in [0.25, 0.3) is 0 Å². The molecule has 1 aliphatic carbocycles. The summed E-state index contributed by atoms with van der Waals surface area (Å²) in [5.74, 6) is -0.379. The van der Waals surface area contributed by atoms with Gasteiger partial charge in [-0.1, -0.05) is 26.2 Å². The zero-order chi connectivity index (χ0) is 15.5. The second kappa shape index (κ2) is 5.95. The molecule has 1 N–H and O–H groups in total.